The van der Waals surface area contributed by atoms with Crippen LogP contribution in [0, 0.1) is 0 Å². The van der Waals surface area contributed by atoms with Crippen LogP contribution in [0.4, 0.5) is 16.2 Å². The summed E-state index contributed by atoms with van der Waals surface area (Å²) in [5, 5.41) is 2.73. The van der Waals surface area contributed by atoms with Gasteiger partial charge in [-0.2, -0.15) is 0 Å². The molecule has 4 aliphatic rings. The first-order valence-corrected chi connectivity index (χ1v) is 15.6. The highest BCUT2D eigenvalue weighted by Gasteiger charge is 2.38. The third kappa shape index (κ3) is 6.02. The van der Waals surface area contributed by atoms with Crippen molar-refractivity contribution in [2.45, 2.75) is 37.5 Å². The van der Waals surface area contributed by atoms with Crippen molar-refractivity contribution < 1.29 is 23.8 Å². The highest BCUT2D eigenvalue weighted by atomic mass is 16.5. The van der Waals surface area contributed by atoms with Crippen molar-refractivity contribution in [3.8, 4) is 0 Å². The Morgan fingerprint density at radius 1 is 1.00 bits per heavy atom. The minimum atomic E-state index is -0.837. The fraction of sp³-hybridized carbons (Fsp3) is 0.371. The Labute approximate surface area is 262 Å². The second-order valence-corrected chi connectivity index (χ2v) is 11.7. The number of carbonyl (C=O) groups excluding carboxylic acids is 2. The van der Waals surface area contributed by atoms with Crippen LogP contribution in [0.25, 0.3) is 0 Å². The number of hydrogen-bond donors (Lipinski definition) is 1. The summed E-state index contributed by atoms with van der Waals surface area (Å²) in [7, 11) is 1.30. The molecule has 0 saturated carbocycles. The lowest BCUT2D eigenvalue weighted by Crippen LogP contribution is -2.47. The molecule has 1 unspecified atom stereocenters. The van der Waals surface area contributed by atoms with Crippen LogP contribution < -0.4 is 10.2 Å². The van der Waals surface area contributed by atoms with E-state index < -0.39 is 12.1 Å². The van der Waals surface area contributed by atoms with Gasteiger partial charge in [-0.15, -0.1) is 0 Å². The number of nitrogens with one attached hydrogen (secondary N) is 1. The van der Waals surface area contributed by atoms with E-state index in [-0.39, 0.29) is 18.1 Å². The number of rotatable bonds is 7. The zero-order valence-corrected chi connectivity index (χ0v) is 25.4. The lowest BCUT2D eigenvalue weighted by Gasteiger charge is -2.29. The number of carbonyl (C=O) groups is 2. The number of benzene rings is 3. The number of amides is 2. The van der Waals surface area contributed by atoms with Crippen molar-refractivity contribution in [1.82, 2.24) is 10.2 Å². The van der Waals surface area contributed by atoms with Crippen LogP contribution in [-0.4, -0.2) is 81.1 Å². The molecule has 4 heterocycles. The van der Waals surface area contributed by atoms with Gasteiger partial charge in [-0.3, -0.25) is 9.79 Å². The van der Waals surface area contributed by atoms with Gasteiger partial charge in [0.2, 0.25) is 11.8 Å². The second-order valence-electron chi connectivity index (χ2n) is 11.7. The molecule has 2 amide bonds. The van der Waals surface area contributed by atoms with E-state index in [1.165, 1.54) is 12.8 Å². The van der Waals surface area contributed by atoms with Crippen molar-refractivity contribution in [3.05, 3.63) is 95.1 Å². The van der Waals surface area contributed by atoms with Gasteiger partial charge in [0.1, 0.15) is 12.1 Å². The molecule has 0 aromatic heterocycles. The molecule has 4 aliphatic heterocycles. The van der Waals surface area contributed by atoms with Gasteiger partial charge in [0.15, 0.2) is 0 Å². The Balaban J connectivity index is 1.01. The first kappa shape index (κ1) is 29.0. The van der Waals surface area contributed by atoms with Gasteiger partial charge in [0.25, 0.3) is 0 Å². The molecule has 0 spiro atoms. The van der Waals surface area contributed by atoms with E-state index in [1.54, 1.807) is 0 Å². The number of aliphatic imine (C=N–C) groups is 2. The van der Waals surface area contributed by atoms with Crippen LogP contribution in [0.3, 0.4) is 0 Å². The van der Waals surface area contributed by atoms with Gasteiger partial charge in [-0.05, 0) is 59.9 Å². The summed E-state index contributed by atoms with van der Waals surface area (Å²) in [6.45, 7) is 4.52. The summed E-state index contributed by atoms with van der Waals surface area (Å²) in [4.78, 5) is 40.0. The van der Waals surface area contributed by atoms with Gasteiger partial charge in [0.05, 0.1) is 38.6 Å². The number of ether oxygens (including phenoxy) is 3. The molecule has 2 saturated heterocycles. The molecule has 1 N–H and O–H groups in total. The number of hydrogen-bond acceptors (Lipinski definition) is 8. The van der Waals surface area contributed by atoms with Crippen molar-refractivity contribution in [2.24, 2.45) is 9.98 Å². The fourth-order valence-corrected chi connectivity index (χ4v) is 6.63. The fourth-order valence-electron chi connectivity index (χ4n) is 6.63. The predicted octanol–water partition coefficient (Wildman–Crippen LogP) is 4.76. The number of anilines is 1. The molecular weight excluding hydrogens is 570 g/mol. The molecule has 3 aromatic carbocycles. The summed E-state index contributed by atoms with van der Waals surface area (Å²) in [5.41, 5.74) is 6.93. The van der Waals surface area contributed by atoms with Crippen molar-refractivity contribution >= 4 is 35.0 Å². The minimum Gasteiger partial charge on any atom is -0.467 e. The molecular formula is C35H37N5O5. The Hall–Kier alpha value is -4.70. The van der Waals surface area contributed by atoms with E-state index in [1.807, 2.05) is 47.4 Å². The van der Waals surface area contributed by atoms with Crippen LogP contribution in [0.5, 0.6) is 0 Å². The largest absolute Gasteiger partial charge is 0.467 e. The van der Waals surface area contributed by atoms with E-state index >= 15 is 0 Å². The smallest absolute Gasteiger partial charge is 0.407 e. The van der Waals surface area contributed by atoms with Crippen LogP contribution >= 0.6 is 0 Å². The Morgan fingerprint density at radius 3 is 2.58 bits per heavy atom. The topological polar surface area (TPSA) is 105 Å². The van der Waals surface area contributed by atoms with Crippen molar-refractivity contribution in [2.75, 3.05) is 51.4 Å². The van der Waals surface area contributed by atoms with E-state index in [2.05, 4.69) is 40.5 Å². The van der Waals surface area contributed by atoms with Crippen molar-refractivity contribution in [1.29, 1.82) is 0 Å². The van der Waals surface area contributed by atoms with Crippen LogP contribution in [0.2, 0.25) is 0 Å². The summed E-state index contributed by atoms with van der Waals surface area (Å²) < 4.78 is 16.6. The maximum atomic E-state index is 13.9. The van der Waals surface area contributed by atoms with Crippen LogP contribution in [0.1, 0.15) is 47.2 Å². The molecule has 0 radical (unpaired) electrons. The average Bonchev–Trinajstić information content (AvgIpc) is 3.87. The maximum absolute atomic E-state index is 13.9. The normalized spacial score (nSPS) is 21.4. The first-order valence-electron chi connectivity index (χ1n) is 15.6. The Bertz CT molecular complexity index is 1620. The average molecular weight is 608 g/mol. The molecule has 3 atom stereocenters. The number of methoxy groups -OCH3 is 1. The quantitative estimate of drug-likeness (QED) is 0.416. The van der Waals surface area contributed by atoms with Gasteiger partial charge in [-0.25, -0.2) is 9.79 Å². The van der Waals surface area contributed by atoms with E-state index in [4.69, 9.17) is 24.2 Å². The molecule has 7 rings (SSSR count). The standard InChI is InChI=1S/C35H37N5O5/c1-43-35(42)38-32(24-6-3-2-4-7-24)34(41)40-15-5-8-30(40)29-21-26-20-25(11-14-28(26)37-29)33-36-22-31(45-33)23-9-12-27(13-10-23)39-16-18-44-19-17-39/h2-4,6-7,9-14,20,30-32H,5,8,15-19,21-22H2,1H3,(H,38,42)/t30-,31?,32+/m0/s1. The molecule has 10 heteroatoms. The molecule has 2 fully saturated rings. The number of alkyl carbamates (subject to hydrolysis) is 1. The van der Waals surface area contributed by atoms with Gasteiger partial charge >= 0.3 is 6.09 Å². The summed E-state index contributed by atoms with van der Waals surface area (Å²) in [6.07, 6.45) is 1.59. The predicted molar refractivity (Wildman–Crippen MR) is 171 cm³/mol. The summed E-state index contributed by atoms with van der Waals surface area (Å²) in [6, 6.07) is 23.0. The zero-order chi connectivity index (χ0) is 30.8. The van der Waals surface area contributed by atoms with Gasteiger partial charge < -0.3 is 29.3 Å². The molecule has 0 bridgehead atoms. The maximum Gasteiger partial charge on any atom is 0.407 e. The molecule has 3 aromatic rings. The van der Waals surface area contributed by atoms with Crippen LogP contribution in [0.15, 0.2) is 82.8 Å². The molecule has 45 heavy (non-hydrogen) atoms. The van der Waals surface area contributed by atoms with E-state index in [0.717, 1.165) is 67.2 Å². The highest BCUT2D eigenvalue weighted by molar-refractivity contribution is 6.02. The number of nitrogens with zero attached hydrogens (tertiary/aromatic N) is 4. The summed E-state index contributed by atoms with van der Waals surface area (Å²) in [5.74, 6) is 0.483. The third-order valence-corrected chi connectivity index (χ3v) is 9.01. The highest BCUT2D eigenvalue weighted by Crippen LogP contribution is 2.35. The lowest BCUT2D eigenvalue weighted by molar-refractivity contribution is -0.133. The Morgan fingerprint density at radius 2 is 1.80 bits per heavy atom. The molecule has 10 nitrogen and oxygen atoms in total. The van der Waals surface area contributed by atoms with Gasteiger partial charge in [-0.1, -0.05) is 42.5 Å². The Kier molecular flexibility index (Phi) is 8.21. The number of morpholine rings is 1. The third-order valence-electron chi connectivity index (χ3n) is 9.01. The zero-order valence-electron chi connectivity index (χ0n) is 25.4. The summed E-state index contributed by atoms with van der Waals surface area (Å²) >= 11 is 0. The lowest BCUT2D eigenvalue weighted by atomic mass is 10.0. The van der Waals surface area contributed by atoms with Crippen molar-refractivity contribution in [3.63, 3.8) is 0 Å². The van der Waals surface area contributed by atoms with Crippen LogP contribution in [-0.2, 0) is 25.4 Å². The SMILES string of the molecule is COC(=O)N[C@@H](C(=O)N1CCC[C@H]1C1=Nc2ccc(C3=NCC(c4ccc(N5CCOCC5)cc4)O3)cc2C1)c1ccccc1. The second kappa shape index (κ2) is 12.7. The monoisotopic (exact) mass is 607 g/mol. The van der Waals surface area contributed by atoms with Gasteiger partial charge in [0, 0.05) is 43.0 Å². The minimum absolute atomic E-state index is 0.118. The van der Waals surface area contributed by atoms with E-state index in [9.17, 15) is 9.59 Å². The van der Waals surface area contributed by atoms with E-state index in [0.29, 0.717) is 31.0 Å². The first-order chi connectivity index (χ1) is 22.1. The molecule has 232 valence electrons. The molecule has 0 aliphatic carbocycles. The number of fused-ring (bicyclic) bond motifs is 1. The number of likely N-dealkylation sites (tertiary alicyclic amines) is 1.